The third kappa shape index (κ3) is 4.26. The van der Waals surface area contributed by atoms with Gasteiger partial charge in [0.15, 0.2) is 0 Å². The van der Waals surface area contributed by atoms with E-state index in [4.69, 9.17) is 16.3 Å². The fourth-order valence-corrected chi connectivity index (χ4v) is 4.74. The van der Waals surface area contributed by atoms with Crippen LogP contribution in [0.1, 0.15) is 5.56 Å². The smallest absolute Gasteiger partial charge is 0.128 e. The van der Waals surface area contributed by atoms with Crippen molar-refractivity contribution in [1.29, 1.82) is 0 Å². The summed E-state index contributed by atoms with van der Waals surface area (Å²) >= 11 is 9.36. The lowest BCUT2D eigenvalue weighted by molar-refractivity contribution is 0.343. The molecule has 2 aromatic carbocycles. The zero-order chi connectivity index (χ0) is 18.6. The number of hydrogen-bond acceptors (Lipinski definition) is 5. The number of thioether (sulfide) groups is 1. The summed E-state index contributed by atoms with van der Waals surface area (Å²) in [6.45, 7) is 2.69. The molecule has 4 rings (SSSR count). The third-order valence-corrected chi connectivity index (χ3v) is 6.16. The van der Waals surface area contributed by atoms with E-state index in [0.29, 0.717) is 6.61 Å². The quantitative estimate of drug-likeness (QED) is 0.206. The van der Waals surface area contributed by atoms with E-state index >= 15 is 0 Å². The molecule has 2 aromatic heterocycles. The number of nitrogens with zero attached hydrogens (tertiary/aromatic N) is 2. The Morgan fingerprint density at radius 3 is 2.78 bits per heavy atom. The summed E-state index contributed by atoms with van der Waals surface area (Å²) in [5, 5.41) is 4.96. The average Bonchev–Trinajstić information content (AvgIpc) is 3.11. The van der Waals surface area contributed by atoms with Crippen molar-refractivity contribution in [3.8, 4) is 16.9 Å². The van der Waals surface area contributed by atoms with Crippen LogP contribution in [0.4, 0.5) is 0 Å². The first kappa shape index (κ1) is 18.3. The first-order valence-corrected chi connectivity index (χ1v) is 10.8. The van der Waals surface area contributed by atoms with Gasteiger partial charge in [-0.1, -0.05) is 35.9 Å². The van der Waals surface area contributed by atoms with E-state index < -0.39 is 0 Å². The van der Waals surface area contributed by atoms with Crippen molar-refractivity contribution in [2.24, 2.45) is 0 Å². The van der Waals surface area contributed by atoms with Crippen molar-refractivity contribution in [2.45, 2.75) is 11.9 Å². The van der Waals surface area contributed by atoms with Gasteiger partial charge in [0, 0.05) is 21.7 Å². The molecule has 6 heteroatoms. The Balaban J connectivity index is 1.51. The molecule has 0 atom stereocenters. The number of hydrogen-bond donors (Lipinski definition) is 0. The fraction of sp³-hybridized carbons (Fsp3) is 0.143. The predicted molar refractivity (Wildman–Crippen MR) is 115 cm³/mol. The Kier molecular flexibility index (Phi) is 5.62. The molecule has 0 spiro atoms. The van der Waals surface area contributed by atoms with Crippen LogP contribution in [0.2, 0.25) is 5.02 Å². The molecule has 0 bridgehead atoms. The number of fused-ring (bicyclic) bond motifs is 1. The van der Waals surface area contributed by atoms with Crippen molar-refractivity contribution in [3.63, 3.8) is 0 Å². The van der Waals surface area contributed by atoms with Crippen LogP contribution < -0.4 is 4.74 Å². The van der Waals surface area contributed by atoms with Gasteiger partial charge in [0.2, 0.25) is 0 Å². The summed E-state index contributed by atoms with van der Waals surface area (Å²) < 4.78 is 5.85. The van der Waals surface area contributed by atoms with Gasteiger partial charge in [-0.3, -0.25) is 0 Å². The Hall–Kier alpha value is -2.08. The van der Waals surface area contributed by atoms with Crippen LogP contribution in [-0.2, 0) is 0 Å². The second-order valence-electron chi connectivity index (χ2n) is 6.03. The lowest BCUT2D eigenvalue weighted by Gasteiger charge is -2.08. The summed E-state index contributed by atoms with van der Waals surface area (Å²) in [4.78, 5) is 9.94. The molecular weight excluding hydrogens is 396 g/mol. The molecule has 0 amide bonds. The molecule has 3 nitrogen and oxygen atoms in total. The zero-order valence-electron chi connectivity index (χ0n) is 14.7. The second-order valence-corrected chi connectivity index (χ2v) is 8.41. The first-order valence-electron chi connectivity index (χ1n) is 8.51. The Morgan fingerprint density at radius 2 is 1.96 bits per heavy atom. The van der Waals surface area contributed by atoms with Crippen molar-refractivity contribution >= 4 is 44.9 Å². The van der Waals surface area contributed by atoms with Gasteiger partial charge in [-0.2, -0.15) is 0 Å². The number of rotatable bonds is 6. The average molecular weight is 413 g/mol. The van der Waals surface area contributed by atoms with Gasteiger partial charge < -0.3 is 4.74 Å². The molecule has 0 aliphatic rings. The molecule has 0 saturated carbocycles. The highest BCUT2D eigenvalue weighted by molar-refractivity contribution is 7.99. The van der Waals surface area contributed by atoms with Gasteiger partial charge in [0.05, 0.1) is 12.0 Å². The number of aryl methyl sites for hydroxylation is 1. The number of ether oxygens (including phenoxy) is 1. The van der Waals surface area contributed by atoms with Crippen LogP contribution in [0, 0.1) is 6.92 Å². The number of benzene rings is 2. The molecule has 0 aliphatic heterocycles. The Morgan fingerprint density at radius 1 is 1.11 bits per heavy atom. The van der Waals surface area contributed by atoms with E-state index in [1.807, 2.05) is 42.5 Å². The molecule has 0 aliphatic carbocycles. The monoisotopic (exact) mass is 412 g/mol. The van der Waals surface area contributed by atoms with Crippen LogP contribution in [0.3, 0.4) is 0 Å². The topological polar surface area (TPSA) is 35.0 Å². The molecule has 0 saturated heterocycles. The molecule has 27 heavy (non-hydrogen) atoms. The maximum Gasteiger partial charge on any atom is 0.128 e. The van der Waals surface area contributed by atoms with Gasteiger partial charge >= 0.3 is 0 Å². The normalized spacial score (nSPS) is 11.0. The predicted octanol–water partition coefficient (Wildman–Crippen LogP) is 6.49. The van der Waals surface area contributed by atoms with Crippen molar-refractivity contribution < 1.29 is 4.74 Å². The molecule has 0 radical (unpaired) electrons. The SMILES string of the molecule is Cc1cccc(OCCSc2ncnc3scc(-c4ccc(Cl)cc4)c23)c1. The van der Waals surface area contributed by atoms with Crippen LogP contribution in [0.25, 0.3) is 21.3 Å². The maximum atomic E-state index is 6.03. The summed E-state index contributed by atoms with van der Waals surface area (Å²) in [7, 11) is 0. The van der Waals surface area contributed by atoms with Gasteiger partial charge in [0.25, 0.3) is 0 Å². The number of aromatic nitrogens is 2. The van der Waals surface area contributed by atoms with Gasteiger partial charge in [-0.05, 0) is 42.3 Å². The Bertz CT molecular complexity index is 1060. The molecule has 2 heterocycles. The highest BCUT2D eigenvalue weighted by Gasteiger charge is 2.13. The largest absolute Gasteiger partial charge is 0.493 e. The number of halogens is 1. The van der Waals surface area contributed by atoms with Crippen LogP contribution in [-0.4, -0.2) is 22.3 Å². The highest BCUT2D eigenvalue weighted by Crippen LogP contribution is 2.38. The second kappa shape index (κ2) is 8.30. The molecule has 0 unspecified atom stereocenters. The summed E-state index contributed by atoms with van der Waals surface area (Å²) in [5.74, 6) is 1.72. The van der Waals surface area contributed by atoms with E-state index in [1.165, 1.54) is 5.56 Å². The molecule has 4 aromatic rings. The Labute approximate surface area is 171 Å². The van der Waals surface area contributed by atoms with Crippen molar-refractivity contribution in [3.05, 3.63) is 70.8 Å². The minimum Gasteiger partial charge on any atom is -0.493 e. The molecular formula is C21H17ClN2OS2. The summed E-state index contributed by atoms with van der Waals surface area (Å²) in [6, 6.07) is 16.0. The van der Waals surface area contributed by atoms with E-state index in [-0.39, 0.29) is 0 Å². The standard InChI is InChI=1S/C21H17ClN2OS2/c1-14-3-2-4-17(11-14)25-9-10-26-20-19-18(12-27-21(19)24-13-23-20)15-5-7-16(22)8-6-15/h2-8,11-13H,9-10H2,1H3. The molecule has 136 valence electrons. The van der Waals surface area contributed by atoms with Crippen molar-refractivity contribution in [1.82, 2.24) is 9.97 Å². The summed E-state index contributed by atoms with van der Waals surface area (Å²) in [6.07, 6.45) is 1.63. The van der Waals surface area contributed by atoms with Crippen LogP contribution in [0.15, 0.2) is 65.3 Å². The summed E-state index contributed by atoms with van der Waals surface area (Å²) in [5.41, 5.74) is 3.47. The van der Waals surface area contributed by atoms with Crippen molar-refractivity contribution in [2.75, 3.05) is 12.4 Å². The van der Waals surface area contributed by atoms with E-state index in [0.717, 1.165) is 42.9 Å². The lowest BCUT2D eigenvalue weighted by atomic mass is 10.1. The molecule has 0 fully saturated rings. The van der Waals surface area contributed by atoms with Crippen LogP contribution in [0.5, 0.6) is 5.75 Å². The van der Waals surface area contributed by atoms with E-state index in [2.05, 4.69) is 28.3 Å². The zero-order valence-corrected chi connectivity index (χ0v) is 17.1. The highest BCUT2D eigenvalue weighted by atomic mass is 35.5. The van der Waals surface area contributed by atoms with Gasteiger partial charge in [0.1, 0.15) is 21.9 Å². The third-order valence-electron chi connectivity index (χ3n) is 4.07. The lowest BCUT2D eigenvalue weighted by Crippen LogP contribution is -2.00. The number of thiophene rings is 1. The van der Waals surface area contributed by atoms with Crippen LogP contribution >= 0.6 is 34.7 Å². The van der Waals surface area contributed by atoms with Gasteiger partial charge in [-0.25, -0.2) is 9.97 Å². The van der Waals surface area contributed by atoms with E-state index in [9.17, 15) is 0 Å². The fourth-order valence-electron chi connectivity index (χ4n) is 2.80. The van der Waals surface area contributed by atoms with E-state index in [1.54, 1.807) is 29.4 Å². The first-order chi connectivity index (χ1) is 13.2. The molecule has 0 N–H and O–H groups in total. The minimum atomic E-state index is 0.625. The minimum absolute atomic E-state index is 0.625. The van der Waals surface area contributed by atoms with Gasteiger partial charge in [-0.15, -0.1) is 23.1 Å². The maximum absolute atomic E-state index is 6.03.